The predicted molar refractivity (Wildman–Crippen MR) is 116 cm³/mol. The Bertz CT molecular complexity index is 550. The van der Waals surface area contributed by atoms with Crippen molar-refractivity contribution in [1.29, 1.82) is 0 Å². The number of likely N-dealkylation sites (tertiary alicyclic amines) is 1. The van der Waals surface area contributed by atoms with Gasteiger partial charge in [0.25, 0.3) is 0 Å². The Hall–Kier alpha value is -1.02. The van der Waals surface area contributed by atoms with E-state index in [2.05, 4.69) is 54.5 Å². The summed E-state index contributed by atoms with van der Waals surface area (Å²) in [4.78, 5) is 7.23. The number of guanidine groups is 1. The normalized spacial score (nSPS) is 17.9. The molecule has 142 valence electrons. The van der Waals surface area contributed by atoms with Crippen molar-refractivity contribution in [3.8, 4) is 5.75 Å². The first-order chi connectivity index (χ1) is 11.7. The van der Waals surface area contributed by atoms with Crippen LogP contribution in [0.2, 0.25) is 0 Å². The average molecular weight is 460 g/mol. The zero-order valence-electron chi connectivity index (χ0n) is 16.0. The summed E-state index contributed by atoms with van der Waals surface area (Å²) in [5.74, 6) is 2.50. The van der Waals surface area contributed by atoms with Crippen LogP contribution in [0.25, 0.3) is 0 Å². The van der Waals surface area contributed by atoms with E-state index in [4.69, 9.17) is 9.73 Å². The van der Waals surface area contributed by atoms with Crippen LogP contribution in [0.15, 0.2) is 23.2 Å². The molecule has 1 atom stereocenters. The van der Waals surface area contributed by atoms with Gasteiger partial charge in [0.2, 0.25) is 0 Å². The molecule has 2 rings (SSSR count). The Kier molecular flexibility index (Phi) is 10.2. The van der Waals surface area contributed by atoms with Crippen LogP contribution in [0.5, 0.6) is 5.75 Å². The molecule has 1 saturated heterocycles. The van der Waals surface area contributed by atoms with Crippen LogP contribution in [-0.4, -0.2) is 50.7 Å². The number of methoxy groups -OCH3 is 1. The lowest BCUT2D eigenvalue weighted by Crippen LogP contribution is -2.40. The van der Waals surface area contributed by atoms with Crippen LogP contribution in [-0.2, 0) is 6.54 Å². The van der Waals surface area contributed by atoms with E-state index in [1.54, 1.807) is 7.11 Å². The van der Waals surface area contributed by atoms with Crippen LogP contribution < -0.4 is 15.4 Å². The van der Waals surface area contributed by atoms with Gasteiger partial charge in [0, 0.05) is 25.2 Å². The maximum Gasteiger partial charge on any atom is 0.191 e. The van der Waals surface area contributed by atoms with Crippen LogP contribution >= 0.6 is 24.0 Å². The topological polar surface area (TPSA) is 48.9 Å². The molecule has 0 spiro atoms. The third-order valence-electron chi connectivity index (χ3n) is 4.57. The summed E-state index contributed by atoms with van der Waals surface area (Å²) in [7, 11) is 1.71. The van der Waals surface area contributed by atoms with Crippen molar-refractivity contribution < 1.29 is 4.74 Å². The van der Waals surface area contributed by atoms with Crippen molar-refractivity contribution in [1.82, 2.24) is 15.5 Å². The molecular formula is C19H33IN4O. The maximum atomic E-state index is 5.47. The SMILES string of the molecule is CCNC(=NCc1ccc(C)cc1OC)NCC1CCN(CC)C1.I. The second kappa shape index (κ2) is 11.6. The standard InChI is InChI=1S/C19H32N4O.HI/c1-5-20-19(21-12-16-9-10-23(6-2)14-16)22-13-17-8-7-15(3)11-18(17)24-4;/h7-8,11,16H,5-6,9-10,12-14H2,1-4H3,(H2,20,21,22);1H. The highest BCUT2D eigenvalue weighted by molar-refractivity contribution is 14.0. The first-order valence-electron chi connectivity index (χ1n) is 9.04. The van der Waals surface area contributed by atoms with E-state index in [9.17, 15) is 0 Å². The summed E-state index contributed by atoms with van der Waals surface area (Å²) in [5.41, 5.74) is 2.31. The molecule has 0 bridgehead atoms. The fourth-order valence-electron chi connectivity index (χ4n) is 3.10. The highest BCUT2D eigenvalue weighted by Gasteiger charge is 2.20. The van der Waals surface area contributed by atoms with Gasteiger partial charge in [-0.3, -0.25) is 0 Å². The summed E-state index contributed by atoms with van der Waals surface area (Å²) in [6, 6.07) is 6.26. The molecule has 0 radical (unpaired) electrons. The van der Waals surface area contributed by atoms with Gasteiger partial charge in [-0.1, -0.05) is 19.1 Å². The molecule has 5 nitrogen and oxygen atoms in total. The van der Waals surface area contributed by atoms with Crippen molar-refractivity contribution in [3.63, 3.8) is 0 Å². The van der Waals surface area contributed by atoms with Crippen LogP contribution in [0.3, 0.4) is 0 Å². The van der Waals surface area contributed by atoms with Crippen molar-refractivity contribution in [2.24, 2.45) is 10.9 Å². The molecule has 1 aliphatic rings. The zero-order valence-corrected chi connectivity index (χ0v) is 18.3. The van der Waals surface area contributed by atoms with Gasteiger partial charge in [0.15, 0.2) is 5.96 Å². The highest BCUT2D eigenvalue weighted by atomic mass is 127. The van der Waals surface area contributed by atoms with Gasteiger partial charge in [-0.15, -0.1) is 24.0 Å². The minimum absolute atomic E-state index is 0. The number of halogens is 1. The molecule has 0 aromatic heterocycles. The fraction of sp³-hybridized carbons (Fsp3) is 0.632. The minimum atomic E-state index is 0. The number of hydrogen-bond acceptors (Lipinski definition) is 3. The number of nitrogens with zero attached hydrogens (tertiary/aromatic N) is 2. The minimum Gasteiger partial charge on any atom is -0.496 e. The first-order valence-corrected chi connectivity index (χ1v) is 9.04. The summed E-state index contributed by atoms with van der Waals surface area (Å²) in [6.07, 6.45) is 1.27. The molecule has 1 fully saturated rings. The average Bonchev–Trinajstić information content (AvgIpc) is 3.06. The molecule has 2 N–H and O–H groups in total. The monoisotopic (exact) mass is 460 g/mol. The third kappa shape index (κ3) is 7.01. The van der Waals surface area contributed by atoms with Gasteiger partial charge in [-0.05, 0) is 50.9 Å². The molecule has 1 heterocycles. The fourth-order valence-corrected chi connectivity index (χ4v) is 3.10. The van der Waals surface area contributed by atoms with Crippen molar-refractivity contribution >= 4 is 29.9 Å². The van der Waals surface area contributed by atoms with E-state index < -0.39 is 0 Å². The lowest BCUT2D eigenvalue weighted by molar-refractivity contribution is 0.342. The summed E-state index contributed by atoms with van der Waals surface area (Å²) < 4.78 is 5.47. The second-order valence-corrected chi connectivity index (χ2v) is 6.44. The number of aryl methyl sites for hydroxylation is 1. The highest BCUT2D eigenvalue weighted by Crippen LogP contribution is 2.20. The molecule has 1 aromatic carbocycles. The lowest BCUT2D eigenvalue weighted by Gasteiger charge is -2.16. The van der Waals surface area contributed by atoms with Crippen molar-refractivity contribution in [3.05, 3.63) is 29.3 Å². The van der Waals surface area contributed by atoms with Crippen LogP contribution in [0.1, 0.15) is 31.4 Å². The quantitative estimate of drug-likeness (QED) is 0.373. The van der Waals surface area contributed by atoms with E-state index in [1.165, 1.54) is 25.1 Å². The molecule has 1 unspecified atom stereocenters. The zero-order chi connectivity index (χ0) is 17.4. The largest absolute Gasteiger partial charge is 0.496 e. The summed E-state index contributed by atoms with van der Waals surface area (Å²) in [5, 5.41) is 6.83. The smallest absolute Gasteiger partial charge is 0.191 e. The van der Waals surface area contributed by atoms with Gasteiger partial charge in [-0.2, -0.15) is 0 Å². The van der Waals surface area contributed by atoms with Gasteiger partial charge in [-0.25, -0.2) is 4.99 Å². The van der Waals surface area contributed by atoms with Gasteiger partial charge >= 0.3 is 0 Å². The number of hydrogen-bond donors (Lipinski definition) is 2. The molecular weight excluding hydrogens is 427 g/mol. The second-order valence-electron chi connectivity index (χ2n) is 6.44. The van der Waals surface area contributed by atoms with Crippen LogP contribution in [0, 0.1) is 12.8 Å². The number of benzene rings is 1. The van der Waals surface area contributed by atoms with E-state index in [1.807, 2.05) is 0 Å². The van der Waals surface area contributed by atoms with Gasteiger partial charge in [0.1, 0.15) is 5.75 Å². The number of ether oxygens (including phenoxy) is 1. The van der Waals surface area contributed by atoms with E-state index >= 15 is 0 Å². The van der Waals surface area contributed by atoms with Crippen LogP contribution in [0.4, 0.5) is 0 Å². The van der Waals surface area contributed by atoms with Gasteiger partial charge < -0.3 is 20.3 Å². The van der Waals surface area contributed by atoms with Gasteiger partial charge in [0.05, 0.1) is 13.7 Å². The Morgan fingerprint density at radius 3 is 2.76 bits per heavy atom. The van der Waals surface area contributed by atoms with Crippen molar-refractivity contribution in [2.75, 3.05) is 39.8 Å². The molecule has 1 aromatic rings. The number of rotatable bonds is 7. The van der Waals surface area contributed by atoms with E-state index in [0.717, 1.165) is 36.9 Å². The molecule has 0 aliphatic carbocycles. The molecule has 0 saturated carbocycles. The molecule has 0 amide bonds. The third-order valence-corrected chi connectivity index (χ3v) is 4.57. The molecule has 1 aliphatic heterocycles. The Morgan fingerprint density at radius 2 is 2.12 bits per heavy atom. The van der Waals surface area contributed by atoms with E-state index in [0.29, 0.717) is 12.5 Å². The Labute approximate surface area is 169 Å². The summed E-state index contributed by atoms with van der Waals surface area (Å²) in [6.45, 7) is 12.4. The first kappa shape index (κ1) is 22.0. The summed E-state index contributed by atoms with van der Waals surface area (Å²) >= 11 is 0. The van der Waals surface area contributed by atoms with E-state index in [-0.39, 0.29) is 24.0 Å². The molecule has 25 heavy (non-hydrogen) atoms. The maximum absolute atomic E-state index is 5.47. The van der Waals surface area contributed by atoms with Crippen molar-refractivity contribution in [2.45, 2.75) is 33.7 Å². The predicted octanol–water partition coefficient (Wildman–Crippen LogP) is 3.02. The number of nitrogens with one attached hydrogen (secondary N) is 2. The number of aliphatic imine (C=N–C) groups is 1. The Balaban J connectivity index is 0.00000312. The lowest BCUT2D eigenvalue weighted by atomic mass is 10.1. The molecule has 6 heteroatoms. The Morgan fingerprint density at radius 1 is 1.32 bits per heavy atom.